The van der Waals surface area contributed by atoms with Crippen LogP contribution < -0.4 is 14.8 Å². The van der Waals surface area contributed by atoms with Crippen LogP contribution in [0.5, 0.6) is 11.5 Å². The number of hydrogen-bond acceptors (Lipinski definition) is 3. The molecule has 2 atom stereocenters. The number of hydrogen-bond donors (Lipinski definition) is 0. The third-order valence-corrected chi connectivity index (χ3v) is 14.4. The maximum Gasteiger partial charge on any atom is 0.134 e. The maximum absolute atomic E-state index is 14.1. The van der Waals surface area contributed by atoms with Crippen molar-refractivity contribution in [3.05, 3.63) is 137 Å². The van der Waals surface area contributed by atoms with Crippen LogP contribution in [0.2, 0.25) is 0 Å². The number of methoxy groups -OCH3 is 2. The number of rotatable bonds is 11. The minimum absolute atomic E-state index is 0.0200. The molecule has 2 unspecified atom stereocenters. The Hall–Kier alpha value is -4.20. The molecule has 1 aliphatic heterocycles. The van der Waals surface area contributed by atoms with Gasteiger partial charge >= 0.3 is 0 Å². The summed E-state index contributed by atoms with van der Waals surface area (Å²) in [6, 6.07) is 38.0. The zero-order valence-electron chi connectivity index (χ0n) is 33.4. The molecule has 0 spiro atoms. The summed E-state index contributed by atoms with van der Waals surface area (Å²) in [5.41, 5.74) is 13.3. The van der Waals surface area contributed by atoms with Gasteiger partial charge in [-0.05, 0) is 109 Å². The van der Waals surface area contributed by atoms with Gasteiger partial charge in [-0.15, -0.1) is 0 Å². The van der Waals surface area contributed by atoms with Gasteiger partial charge < -0.3 is 9.47 Å². The smallest absolute Gasteiger partial charge is 0.134 e. The first-order valence-corrected chi connectivity index (χ1v) is 20.9. The van der Waals surface area contributed by atoms with Crippen LogP contribution in [0, 0.1) is 0 Å². The van der Waals surface area contributed by atoms with Crippen LogP contribution in [0.3, 0.4) is 0 Å². The van der Waals surface area contributed by atoms with Gasteiger partial charge in [0.2, 0.25) is 0 Å². The van der Waals surface area contributed by atoms with Crippen LogP contribution in [0.15, 0.2) is 103 Å². The van der Waals surface area contributed by atoms with Crippen LogP contribution in [0.25, 0.3) is 22.3 Å². The molecule has 53 heavy (non-hydrogen) atoms. The quantitative estimate of drug-likeness (QED) is 0.127. The van der Waals surface area contributed by atoms with Crippen molar-refractivity contribution in [1.29, 1.82) is 0 Å². The van der Waals surface area contributed by atoms with Crippen LogP contribution in [-0.4, -0.2) is 20.0 Å². The molecular weight excluding hydrogens is 668 g/mol. The minimum atomic E-state index is -1.02. The highest BCUT2D eigenvalue weighted by atomic mass is 31.1. The van der Waals surface area contributed by atoms with E-state index >= 15 is 0 Å². The Morgan fingerprint density at radius 3 is 1.11 bits per heavy atom. The predicted molar refractivity (Wildman–Crippen MR) is 226 cm³/mol. The predicted octanol–water partition coefficient (Wildman–Crippen LogP) is 13.5. The van der Waals surface area contributed by atoms with Crippen LogP contribution in [0.1, 0.15) is 137 Å². The second-order valence-electron chi connectivity index (χ2n) is 15.9. The Balaban J connectivity index is 1.80. The van der Waals surface area contributed by atoms with Gasteiger partial charge in [0.1, 0.15) is 17.3 Å². The highest BCUT2D eigenvalue weighted by Gasteiger charge is 2.42. The highest BCUT2D eigenvalue weighted by Crippen LogP contribution is 2.68. The zero-order chi connectivity index (χ0) is 38.0. The van der Waals surface area contributed by atoms with Crippen molar-refractivity contribution in [2.75, 3.05) is 14.2 Å². The van der Waals surface area contributed by atoms with Gasteiger partial charge in [-0.25, -0.2) is 0 Å². The first-order chi connectivity index (χ1) is 25.4. The Bertz CT molecular complexity index is 1840. The van der Waals surface area contributed by atoms with Crippen molar-refractivity contribution < 1.29 is 14.3 Å². The van der Waals surface area contributed by atoms with Crippen molar-refractivity contribution in [2.24, 2.45) is 0 Å². The fourth-order valence-corrected chi connectivity index (χ4v) is 12.2. The molecule has 4 heteroatoms. The topological polar surface area (TPSA) is 35.5 Å². The molecule has 6 rings (SSSR count). The lowest BCUT2D eigenvalue weighted by atomic mass is 9.82. The van der Waals surface area contributed by atoms with Gasteiger partial charge in [-0.2, -0.15) is 0 Å². The molecule has 1 saturated heterocycles. The lowest BCUT2D eigenvalue weighted by Crippen LogP contribution is -2.26. The van der Waals surface area contributed by atoms with Crippen molar-refractivity contribution in [2.45, 2.75) is 103 Å². The molecule has 0 aromatic heterocycles. The number of benzene rings is 5. The molecule has 0 aliphatic carbocycles. The van der Waals surface area contributed by atoms with Crippen LogP contribution >= 0.6 is 7.92 Å². The minimum Gasteiger partial charge on any atom is -0.497 e. The van der Waals surface area contributed by atoms with E-state index in [1.54, 1.807) is 14.2 Å². The van der Waals surface area contributed by atoms with Crippen LogP contribution in [0.4, 0.5) is 0 Å². The molecule has 1 fully saturated rings. The van der Waals surface area contributed by atoms with Crippen LogP contribution in [-0.2, 0) is 4.79 Å². The fraction of sp³-hybridized carbons (Fsp3) is 0.367. The van der Waals surface area contributed by atoms with E-state index in [1.165, 1.54) is 60.9 Å². The number of ether oxygens (including phenoxy) is 2. The largest absolute Gasteiger partial charge is 0.497 e. The van der Waals surface area contributed by atoms with E-state index < -0.39 is 7.92 Å². The molecule has 0 bridgehead atoms. The van der Waals surface area contributed by atoms with Crippen molar-refractivity contribution in [3.8, 4) is 33.8 Å². The Labute approximate surface area is 319 Å². The third-order valence-electron chi connectivity index (χ3n) is 11.1. The molecule has 0 amide bonds. The number of Topliss-reactive ketones (excluding diaryl/α,β-unsaturated/α-hetero) is 1. The second kappa shape index (κ2) is 16.4. The molecule has 5 aromatic rings. The summed E-state index contributed by atoms with van der Waals surface area (Å²) in [5, 5.41) is 1.42. The van der Waals surface area contributed by atoms with Crippen molar-refractivity contribution in [3.63, 3.8) is 0 Å². The van der Waals surface area contributed by atoms with Gasteiger partial charge in [-0.1, -0.05) is 142 Å². The van der Waals surface area contributed by atoms with E-state index in [4.69, 9.17) is 9.47 Å². The normalized spacial score (nSPS) is 17.6. The van der Waals surface area contributed by atoms with Gasteiger partial charge in [-0.3, -0.25) is 4.79 Å². The molecule has 1 heterocycles. The van der Waals surface area contributed by atoms with E-state index in [1.807, 2.05) is 0 Å². The summed E-state index contributed by atoms with van der Waals surface area (Å²) in [4.78, 5) is 14.1. The van der Waals surface area contributed by atoms with E-state index in [0.717, 1.165) is 11.5 Å². The molecular formula is C49H57O3P. The lowest BCUT2D eigenvalue weighted by Gasteiger charge is -2.42. The average molecular weight is 725 g/mol. The first kappa shape index (κ1) is 38.5. The van der Waals surface area contributed by atoms with Gasteiger partial charge in [0.15, 0.2) is 0 Å². The molecule has 1 aliphatic rings. The summed E-state index contributed by atoms with van der Waals surface area (Å²) in [6.45, 7) is 18.6. The molecule has 0 radical (unpaired) electrons. The Morgan fingerprint density at radius 2 is 0.811 bits per heavy atom. The molecule has 0 N–H and O–H groups in total. The molecule has 3 nitrogen and oxygen atoms in total. The SMILES string of the molecule is COc1ccc(C2CC(=O)CC(c3ccc(OC)cc3)P2c2c(-c3c(C(C)C)cccc3C(C)C)cccc2-c2c(C(C)C)cccc2C(C)C)cc1. The molecule has 276 valence electrons. The Morgan fingerprint density at radius 1 is 0.491 bits per heavy atom. The first-order valence-electron chi connectivity index (χ1n) is 19.4. The average Bonchev–Trinajstić information content (AvgIpc) is 3.16. The second-order valence-corrected chi connectivity index (χ2v) is 18.4. The number of carbonyl (C=O) groups excluding carboxylic acids is 1. The van der Waals surface area contributed by atoms with Crippen molar-refractivity contribution >= 4 is 19.0 Å². The summed E-state index contributed by atoms with van der Waals surface area (Å²) in [6.07, 6.45) is 1.04. The monoisotopic (exact) mass is 724 g/mol. The van der Waals surface area contributed by atoms with E-state index in [-0.39, 0.29) is 11.3 Å². The van der Waals surface area contributed by atoms with Gasteiger partial charge in [0.05, 0.1) is 14.2 Å². The number of ketones is 1. The van der Waals surface area contributed by atoms with Gasteiger partial charge in [0.25, 0.3) is 0 Å². The van der Waals surface area contributed by atoms with E-state index in [2.05, 4.69) is 159 Å². The maximum atomic E-state index is 14.1. The highest BCUT2D eigenvalue weighted by molar-refractivity contribution is 7.67. The Kier molecular flexibility index (Phi) is 11.9. The summed E-state index contributed by atoms with van der Waals surface area (Å²) in [5.74, 6) is 3.32. The van der Waals surface area contributed by atoms with E-state index in [0.29, 0.717) is 42.3 Å². The lowest BCUT2D eigenvalue weighted by molar-refractivity contribution is -0.119. The fourth-order valence-electron chi connectivity index (χ4n) is 8.40. The summed E-state index contributed by atoms with van der Waals surface area (Å²) < 4.78 is 11.2. The molecule has 5 aromatic carbocycles. The van der Waals surface area contributed by atoms with Gasteiger partial charge in [0, 0.05) is 24.2 Å². The summed E-state index contributed by atoms with van der Waals surface area (Å²) in [7, 11) is 2.41. The van der Waals surface area contributed by atoms with Crippen molar-refractivity contribution in [1.82, 2.24) is 0 Å². The zero-order valence-corrected chi connectivity index (χ0v) is 34.3. The standard InChI is InChI=1S/C49H57O3P/c1-30(2)39-14-11-15-40(31(3)4)47(39)43-18-13-19-44(48-41(32(5)6)16-12-17-42(48)33(7)8)49(43)53-45(34-20-24-37(51-9)25-21-34)28-36(50)29-46(53)35-22-26-38(52-10)27-23-35/h11-27,30-33,45-46H,28-29H2,1-10H3. The number of carbonyl (C=O) groups is 1. The molecule has 0 saturated carbocycles. The summed E-state index contributed by atoms with van der Waals surface area (Å²) >= 11 is 0. The third kappa shape index (κ3) is 7.74. The van der Waals surface area contributed by atoms with E-state index in [9.17, 15) is 4.79 Å².